The fraction of sp³-hybridized carbons (Fsp3) is 0.333. The molecular weight excluding hydrogens is 321 g/mol. The van der Waals surface area contributed by atoms with Crippen molar-refractivity contribution >= 4 is 29.2 Å². The van der Waals surface area contributed by atoms with E-state index in [0.717, 1.165) is 0 Å². The molecule has 1 saturated heterocycles. The summed E-state index contributed by atoms with van der Waals surface area (Å²) in [5.41, 5.74) is 0.841. The second-order valence-electron chi connectivity index (χ2n) is 5.68. The van der Waals surface area contributed by atoms with Crippen LogP contribution in [-0.4, -0.2) is 45.5 Å². The maximum Gasteiger partial charge on any atom is 0.281 e. The lowest BCUT2D eigenvalue weighted by Gasteiger charge is -2.36. The van der Waals surface area contributed by atoms with Crippen molar-refractivity contribution < 1.29 is 28.7 Å². The topological polar surface area (TPSA) is 116 Å². The monoisotopic (exact) mass is 335 g/mol. The summed E-state index contributed by atoms with van der Waals surface area (Å²) in [5.74, 6) is -6.20. The van der Waals surface area contributed by atoms with Gasteiger partial charge in [0.1, 0.15) is 0 Å². The molecule has 0 bridgehead atoms. The summed E-state index contributed by atoms with van der Waals surface area (Å²) in [6.45, 7) is 1.01. The number of anilines is 1. The number of Topliss-reactive ketones (excluding diaryl/α,β-unsaturated/α-hetero) is 1. The zero-order chi connectivity index (χ0) is 17.6. The minimum atomic E-state index is -2.89. The molecule has 0 spiro atoms. The number of hydrogen-bond acceptors (Lipinski definition) is 5. The second-order valence-corrected chi connectivity index (χ2v) is 5.68. The van der Waals surface area contributed by atoms with Gasteiger partial charge in [0.25, 0.3) is 17.6 Å². The highest BCUT2D eigenvalue weighted by Crippen LogP contribution is 2.37. The van der Waals surface area contributed by atoms with E-state index in [1.54, 1.807) is 6.07 Å². The van der Waals surface area contributed by atoms with Gasteiger partial charge in [-0.05, 0) is 12.1 Å². The van der Waals surface area contributed by atoms with E-state index in [1.807, 2.05) is 5.32 Å². The lowest BCUT2D eigenvalue weighted by Crippen LogP contribution is -2.64. The molecule has 2 aliphatic rings. The molecule has 0 radical (unpaired) electrons. The SMILES string of the molecule is CC(=O)Nc1cccc2c1CN(C1(F)CC(=O)C(O)NC1=O)C2=O. The van der Waals surface area contributed by atoms with Crippen molar-refractivity contribution in [2.75, 3.05) is 5.32 Å². The number of amides is 3. The number of ketones is 1. The number of nitrogens with one attached hydrogen (secondary N) is 2. The zero-order valence-electron chi connectivity index (χ0n) is 12.6. The number of aliphatic hydroxyl groups excluding tert-OH is 1. The molecule has 2 heterocycles. The number of rotatable bonds is 2. The molecule has 1 fully saturated rings. The third kappa shape index (κ3) is 2.33. The number of aliphatic hydroxyl groups is 1. The Hall–Kier alpha value is -2.81. The maximum absolute atomic E-state index is 15.2. The van der Waals surface area contributed by atoms with Crippen molar-refractivity contribution in [3.63, 3.8) is 0 Å². The van der Waals surface area contributed by atoms with Crippen LogP contribution in [-0.2, 0) is 20.9 Å². The normalized spacial score (nSPS) is 26.2. The van der Waals surface area contributed by atoms with Crippen molar-refractivity contribution in [1.82, 2.24) is 10.2 Å². The molecule has 9 heteroatoms. The van der Waals surface area contributed by atoms with Crippen molar-refractivity contribution in [2.24, 2.45) is 0 Å². The average Bonchev–Trinajstić information content (AvgIpc) is 2.84. The number of carbonyl (C=O) groups excluding carboxylic acids is 4. The minimum absolute atomic E-state index is 0.143. The predicted molar refractivity (Wildman–Crippen MR) is 78.2 cm³/mol. The van der Waals surface area contributed by atoms with Gasteiger partial charge in [-0.1, -0.05) is 6.07 Å². The molecule has 3 N–H and O–H groups in total. The Morgan fingerprint density at radius 2 is 2.12 bits per heavy atom. The maximum atomic E-state index is 15.2. The van der Waals surface area contributed by atoms with Crippen LogP contribution in [0.4, 0.5) is 10.1 Å². The van der Waals surface area contributed by atoms with E-state index in [9.17, 15) is 24.3 Å². The van der Waals surface area contributed by atoms with Crippen LogP contribution < -0.4 is 10.6 Å². The molecule has 126 valence electrons. The van der Waals surface area contributed by atoms with Gasteiger partial charge in [0.15, 0.2) is 12.0 Å². The van der Waals surface area contributed by atoms with Crippen molar-refractivity contribution in [3.8, 4) is 0 Å². The standard InChI is InChI=1S/C15H14FN3O5/c1-7(20)17-10-4-2-3-8-9(10)6-19(13(8)23)15(16)5-11(21)12(22)18-14(15)24/h2-4,12,22H,5-6H2,1H3,(H,17,20)(H,18,24). The highest BCUT2D eigenvalue weighted by Gasteiger charge is 2.55. The van der Waals surface area contributed by atoms with E-state index in [2.05, 4.69) is 5.32 Å². The van der Waals surface area contributed by atoms with Crippen molar-refractivity contribution in [3.05, 3.63) is 29.3 Å². The molecule has 0 aliphatic carbocycles. The van der Waals surface area contributed by atoms with E-state index in [0.29, 0.717) is 16.2 Å². The van der Waals surface area contributed by atoms with E-state index in [4.69, 9.17) is 0 Å². The van der Waals surface area contributed by atoms with Gasteiger partial charge in [-0.2, -0.15) is 0 Å². The first-order valence-corrected chi connectivity index (χ1v) is 7.16. The van der Waals surface area contributed by atoms with Gasteiger partial charge >= 0.3 is 0 Å². The fourth-order valence-corrected chi connectivity index (χ4v) is 2.87. The molecule has 0 saturated carbocycles. The van der Waals surface area contributed by atoms with Crippen LogP contribution in [0.2, 0.25) is 0 Å². The summed E-state index contributed by atoms with van der Waals surface area (Å²) in [6.07, 6.45) is -2.72. The molecule has 8 nitrogen and oxygen atoms in total. The van der Waals surface area contributed by atoms with E-state index < -0.39 is 36.0 Å². The minimum Gasteiger partial charge on any atom is -0.367 e. The first kappa shape index (κ1) is 16.1. The Morgan fingerprint density at radius 3 is 2.79 bits per heavy atom. The highest BCUT2D eigenvalue weighted by atomic mass is 19.1. The van der Waals surface area contributed by atoms with Crippen LogP contribution in [0, 0.1) is 0 Å². The smallest absolute Gasteiger partial charge is 0.281 e. The van der Waals surface area contributed by atoms with Gasteiger partial charge in [0.2, 0.25) is 5.91 Å². The van der Waals surface area contributed by atoms with Crippen LogP contribution in [0.1, 0.15) is 29.3 Å². The Bertz CT molecular complexity index is 780. The van der Waals surface area contributed by atoms with Crippen LogP contribution in [0.15, 0.2) is 18.2 Å². The predicted octanol–water partition coefficient (Wildman–Crippen LogP) is -0.326. The average molecular weight is 335 g/mol. The number of fused-ring (bicyclic) bond motifs is 1. The van der Waals surface area contributed by atoms with Crippen LogP contribution in [0.3, 0.4) is 0 Å². The number of nitrogens with zero attached hydrogens (tertiary/aromatic N) is 1. The Morgan fingerprint density at radius 1 is 1.42 bits per heavy atom. The number of halogens is 1. The summed E-state index contributed by atoms with van der Waals surface area (Å²) < 4.78 is 15.2. The van der Waals surface area contributed by atoms with Crippen molar-refractivity contribution in [2.45, 2.75) is 31.9 Å². The fourth-order valence-electron chi connectivity index (χ4n) is 2.87. The van der Waals surface area contributed by atoms with Crippen LogP contribution >= 0.6 is 0 Å². The summed E-state index contributed by atoms with van der Waals surface area (Å²) >= 11 is 0. The largest absolute Gasteiger partial charge is 0.367 e. The van der Waals surface area contributed by atoms with Gasteiger partial charge in [-0.15, -0.1) is 0 Å². The number of hydrogen-bond donors (Lipinski definition) is 3. The summed E-state index contributed by atoms with van der Waals surface area (Å²) in [4.78, 5) is 47.9. The van der Waals surface area contributed by atoms with Gasteiger partial charge in [0, 0.05) is 23.7 Å². The first-order valence-electron chi connectivity index (χ1n) is 7.16. The Kier molecular flexibility index (Phi) is 3.60. The molecule has 2 aliphatic heterocycles. The summed E-state index contributed by atoms with van der Waals surface area (Å²) in [6, 6.07) is 4.52. The van der Waals surface area contributed by atoms with E-state index in [-0.39, 0.29) is 18.0 Å². The molecule has 24 heavy (non-hydrogen) atoms. The number of alkyl halides is 1. The molecule has 0 aromatic heterocycles. The lowest BCUT2D eigenvalue weighted by atomic mass is 10.00. The first-order chi connectivity index (χ1) is 11.2. The van der Waals surface area contributed by atoms with Crippen molar-refractivity contribution in [1.29, 1.82) is 0 Å². The highest BCUT2D eigenvalue weighted by molar-refractivity contribution is 6.07. The third-order valence-electron chi connectivity index (χ3n) is 4.04. The van der Waals surface area contributed by atoms with E-state index in [1.165, 1.54) is 19.1 Å². The molecule has 3 amide bonds. The Balaban J connectivity index is 1.97. The quantitative estimate of drug-likeness (QED) is 0.640. The molecule has 2 unspecified atom stereocenters. The zero-order valence-corrected chi connectivity index (χ0v) is 12.6. The van der Waals surface area contributed by atoms with Gasteiger partial charge in [-0.25, -0.2) is 4.39 Å². The van der Waals surface area contributed by atoms with Crippen LogP contribution in [0.5, 0.6) is 0 Å². The number of piperidine rings is 1. The number of benzene rings is 1. The molecule has 2 atom stereocenters. The molecule has 1 aromatic rings. The lowest BCUT2D eigenvalue weighted by molar-refractivity contribution is -0.163. The second kappa shape index (κ2) is 5.38. The van der Waals surface area contributed by atoms with Gasteiger partial charge in [0.05, 0.1) is 13.0 Å². The Labute approximate surface area is 135 Å². The number of carbonyl (C=O) groups is 4. The van der Waals surface area contributed by atoms with Gasteiger partial charge in [-0.3, -0.25) is 24.1 Å². The summed E-state index contributed by atoms with van der Waals surface area (Å²) in [7, 11) is 0. The van der Waals surface area contributed by atoms with Crippen LogP contribution in [0.25, 0.3) is 0 Å². The molecular formula is C15H14FN3O5. The summed E-state index contributed by atoms with van der Waals surface area (Å²) in [5, 5.41) is 13.7. The van der Waals surface area contributed by atoms with E-state index >= 15 is 4.39 Å². The van der Waals surface area contributed by atoms with Gasteiger partial charge < -0.3 is 15.7 Å². The molecule has 1 aromatic carbocycles. The third-order valence-corrected chi connectivity index (χ3v) is 4.04. The molecule has 3 rings (SSSR count).